The van der Waals surface area contributed by atoms with Crippen molar-refractivity contribution in [3.63, 3.8) is 0 Å². The van der Waals surface area contributed by atoms with Gasteiger partial charge in [0.15, 0.2) is 0 Å². The Labute approximate surface area is 102 Å². The minimum absolute atomic E-state index is 0.141. The lowest BCUT2D eigenvalue weighted by Crippen LogP contribution is -2.32. The Bertz CT molecular complexity index is 348. The van der Waals surface area contributed by atoms with Crippen LogP contribution in [0.1, 0.15) is 56.4 Å². The Morgan fingerprint density at radius 1 is 1.53 bits per heavy atom. The van der Waals surface area contributed by atoms with Gasteiger partial charge in [-0.05, 0) is 13.3 Å². The molecule has 4 N–H and O–H groups in total. The number of H-pyrrole nitrogens is 1. The van der Waals surface area contributed by atoms with Crippen molar-refractivity contribution in [1.82, 2.24) is 15.5 Å². The highest BCUT2D eigenvalue weighted by atomic mass is 16.2. The third-order valence-corrected chi connectivity index (χ3v) is 2.71. The molecule has 1 aromatic heterocycles. The summed E-state index contributed by atoms with van der Waals surface area (Å²) in [5.41, 5.74) is 5.86. The Morgan fingerprint density at radius 2 is 2.29 bits per heavy atom. The molecule has 0 bridgehead atoms. The molecule has 1 heterocycles. The second-order valence-electron chi connectivity index (χ2n) is 4.43. The zero-order valence-electron chi connectivity index (χ0n) is 10.6. The SMILES string of the molecule is CCCCCCC(C)NC(=O)c1cc(N)n[nH]1. The first-order valence-electron chi connectivity index (χ1n) is 6.25. The van der Waals surface area contributed by atoms with Gasteiger partial charge in [0.1, 0.15) is 11.5 Å². The molecule has 96 valence electrons. The fraction of sp³-hybridized carbons (Fsp3) is 0.667. The number of nitrogens with one attached hydrogen (secondary N) is 2. The zero-order chi connectivity index (χ0) is 12.7. The highest BCUT2D eigenvalue weighted by Gasteiger charge is 2.11. The van der Waals surface area contributed by atoms with Gasteiger partial charge in [0, 0.05) is 12.1 Å². The highest BCUT2D eigenvalue weighted by Crippen LogP contribution is 2.06. The minimum Gasteiger partial charge on any atom is -0.382 e. The summed E-state index contributed by atoms with van der Waals surface area (Å²) in [6.07, 6.45) is 5.88. The van der Waals surface area contributed by atoms with Crippen LogP contribution in [0, 0.1) is 0 Å². The van der Waals surface area contributed by atoms with E-state index in [1.807, 2.05) is 6.92 Å². The number of nitrogen functional groups attached to an aromatic ring is 1. The van der Waals surface area contributed by atoms with E-state index in [-0.39, 0.29) is 11.9 Å². The lowest BCUT2D eigenvalue weighted by Gasteiger charge is -2.12. The predicted molar refractivity (Wildman–Crippen MR) is 68.7 cm³/mol. The van der Waals surface area contributed by atoms with Crippen molar-refractivity contribution in [1.29, 1.82) is 0 Å². The molecule has 1 rings (SSSR count). The Morgan fingerprint density at radius 3 is 2.88 bits per heavy atom. The summed E-state index contributed by atoms with van der Waals surface area (Å²) in [5, 5.41) is 9.24. The van der Waals surface area contributed by atoms with Crippen molar-refractivity contribution in [2.75, 3.05) is 5.73 Å². The van der Waals surface area contributed by atoms with E-state index < -0.39 is 0 Å². The molecule has 0 aliphatic carbocycles. The van der Waals surface area contributed by atoms with Crippen LogP contribution in [0.25, 0.3) is 0 Å². The van der Waals surface area contributed by atoms with E-state index in [0.29, 0.717) is 11.5 Å². The monoisotopic (exact) mass is 238 g/mol. The standard InChI is InChI=1S/C12H22N4O/c1-3-4-5-6-7-9(2)14-12(17)10-8-11(13)16-15-10/h8-9H,3-7H2,1-2H3,(H,14,17)(H3,13,15,16). The topological polar surface area (TPSA) is 83.8 Å². The number of aromatic nitrogens is 2. The molecule has 0 radical (unpaired) electrons. The fourth-order valence-electron chi connectivity index (χ4n) is 1.70. The van der Waals surface area contributed by atoms with Gasteiger partial charge in [-0.3, -0.25) is 9.89 Å². The molecular formula is C12H22N4O. The maximum Gasteiger partial charge on any atom is 0.269 e. The number of hydrogen-bond acceptors (Lipinski definition) is 3. The fourth-order valence-corrected chi connectivity index (χ4v) is 1.70. The van der Waals surface area contributed by atoms with E-state index in [2.05, 4.69) is 22.4 Å². The van der Waals surface area contributed by atoms with Crippen molar-refractivity contribution in [3.05, 3.63) is 11.8 Å². The number of unbranched alkanes of at least 4 members (excludes halogenated alkanes) is 3. The molecule has 0 fully saturated rings. The summed E-state index contributed by atoms with van der Waals surface area (Å²) in [7, 11) is 0. The van der Waals surface area contributed by atoms with Crippen LogP contribution in [-0.4, -0.2) is 22.1 Å². The van der Waals surface area contributed by atoms with Gasteiger partial charge >= 0.3 is 0 Å². The molecule has 5 heteroatoms. The summed E-state index contributed by atoms with van der Waals surface area (Å²) >= 11 is 0. The largest absolute Gasteiger partial charge is 0.382 e. The molecule has 0 aliphatic heterocycles. The summed E-state index contributed by atoms with van der Waals surface area (Å²) in [6.45, 7) is 4.21. The average Bonchev–Trinajstić information content (AvgIpc) is 2.71. The van der Waals surface area contributed by atoms with Gasteiger partial charge in [-0.1, -0.05) is 32.6 Å². The highest BCUT2D eigenvalue weighted by molar-refractivity contribution is 5.93. The number of rotatable bonds is 7. The molecule has 0 spiro atoms. The number of nitrogens with zero attached hydrogens (tertiary/aromatic N) is 1. The summed E-state index contributed by atoms with van der Waals surface area (Å²) in [5.74, 6) is 0.197. The van der Waals surface area contributed by atoms with Crippen LogP contribution in [-0.2, 0) is 0 Å². The van der Waals surface area contributed by atoms with E-state index in [4.69, 9.17) is 5.73 Å². The van der Waals surface area contributed by atoms with Crippen molar-refractivity contribution in [2.45, 2.75) is 52.0 Å². The lowest BCUT2D eigenvalue weighted by molar-refractivity contribution is 0.0933. The quantitative estimate of drug-likeness (QED) is 0.636. The third kappa shape index (κ3) is 4.89. The first kappa shape index (κ1) is 13.5. The van der Waals surface area contributed by atoms with E-state index in [0.717, 1.165) is 12.8 Å². The molecule has 1 atom stereocenters. The van der Waals surface area contributed by atoms with Gasteiger partial charge in [-0.25, -0.2) is 0 Å². The zero-order valence-corrected chi connectivity index (χ0v) is 10.6. The molecule has 1 aromatic rings. The van der Waals surface area contributed by atoms with Crippen LogP contribution in [0.4, 0.5) is 5.82 Å². The van der Waals surface area contributed by atoms with Crippen molar-refractivity contribution >= 4 is 11.7 Å². The van der Waals surface area contributed by atoms with Gasteiger partial charge in [0.05, 0.1) is 0 Å². The van der Waals surface area contributed by atoms with E-state index in [1.54, 1.807) is 6.07 Å². The van der Waals surface area contributed by atoms with E-state index in [9.17, 15) is 4.79 Å². The maximum atomic E-state index is 11.7. The Balaban J connectivity index is 2.26. The van der Waals surface area contributed by atoms with E-state index in [1.165, 1.54) is 19.3 Å². The molecule has 0 aliphatic rings. The van der Waals surface area contributed by atoms with Crippen molar-refractivity contribution in [3.8, 4) is 0 Å². The molecule has 0 saturated carbocycles. The smallest absolute Gasteiger partial charge is 0.269 e. The Hall–Kier alpha value is -1.52. The normalized spacial score (nSPS) is 12.4. The number of nitrogens with two attached hydrogens (primary N) is 1. The first-order chi connectivity index (χ1) is 8.13. The van der Waals surface area contributed by atoms with Crippen LogP contribution < -0.4 is 11.1 Å². The second-order valence-corrected chi connectivity index (χ2v) is 4.43. The maximum absolute atomic E-state index is 11.7. The number of carbonyl (C=O) groups is 1. The summed E-state index contributed by atoms with van der Waals surface area (Å²) < 4.78 is 0. The average molecular weight is 238 g/mol. The number of hydrogen-bond donors (Lipinski definition) is 3. The molecule has 17 heavy (non-hydrogen) atoms. The lowest BCUT2D eigenvalue weighted by atomic mass is 10.1. The van der Waals surface area contributed by atoms with Gasteiger partial charge in [-0.2, -0.15) is 5.10 Å². The number of carbonyl (C=O) groups excluding carboxylic acids is 1. The van der Waals surface area contributed by atoms with Crippen molar-refractivity contribution in [2.24, 2.45) is 0 Å². The molecule has 1 unspecified atom stereocenters. The number of aromatic amines is 1. The Kier molecular flexibility index (Phi) is 5.52. The van der Waals surface area contributed by atoms with Crippen molar-refractivity contribution < 1.29 is 4.79 Å². The molecule has 0 saturated heterocycles. The van der Waals surface area contributed by atoms with E-state index >= 15 is 0 Å². The molecular weight excluding hydrogens is 216 g/mol. The molecule has 1 amide bonds. The van der Waals surface area contributed by atoms with Crippen LogP contribution in [0.3, 0.4) is 0 Å². The van der Waals surface area contributed by atoms with Crippen LogP contribution in [0.15, 0.2) is 6.07 Å². The summed E-state index contributed by atoms with van der Waals surface area (Å²) in [6, 6.07) is 1.72. The molecule has 5 nitrogen and oxygen atoms in total. The third-order valence-electron chi connectivity index (χ3n) is 2.71. The van der Waals surface area contributed by atoms with Crippen LogP contribution in [0.5, 0.6) is 0 Å². The van der Waals surface area contributed by atoms with Gasteiger partial charge in [0.2, 0.25) is 0 Å². The molecule has 0 aromatic carbocycles. The van der Waals surface area contributed by atoms with Crippen LogP contribution in [0.2, 0.25) is 0 Å². The van der Waals surface area contributed by atoms with Crippen LogP contribution >= 0.6 is 0 Å². The number of anilines is 1. The van der Waals surface area contributed by atoms with Gasteiger partial charge in [0.25, 0.3) is 5.91 Å². The first-order valence-corrected chi connectivity index (χ1v) is 6.25. The predicted octanol–water partition coefficient (Wildman–Crippen LogP) is 2.08. The van der Waals surface area contributed by atoms with Gasteiger partial charge < -0.3 is 11.1 Å². The van der Waals surface area contributed by atoms with Gasteiger partial charge in [-0.15, -0.1) is 0 Å². The minimum atomic E-state index is -0.141. The second kappa shape index (κ2) is 6.93. The summed E-state index contributed by atoms with van der Waals surface area (Å²) in [4.78, 5) is 11.7. The number of amides is 1.